The molecule has 0 spiro atoms. The first kappa shape index (κ1) is 16.2. The van der Waals surface area contributed by atoms with E-state index in [4.69, 9.17) is 0 Å². The van der Waals surface area contributed by atoms with Gasteiger partial charge in [0.2, 0.25) is 0 Å². The predicted molar refractivity (Wildman–Crippen MR) is 86.3 cm³/mol. The molecule has 1 aromatic carbocycles. The molecule has 116 valence electrons. The maximum atomic E-state index is 12.1. The number of carbonyl (C=O) groups is 2. The standard InChI is InChI=1S/C16H18N2O3S/c1-10(2)11-4-6-12(7-5-11)15(20)18-16-17-13(9-22-16)8-14(19)21-3/h4-7,9-10H,8H2,1-3H3,(H,17,18,20). The highest BCUT2D eigenvalue weighted by atomic mass is 32.1. The molecule has 1 heterocycles. The van der Waals surface area contributed by atoms with Crippen LogP contribution in [-0.4, -0.2) is 24.0 Å². The van der Waals surface area contributed by atoms with E-state index in [9.17, 15) is 9.59 Å². The number of aromatic nitrogens is 1. The summed E-state index contributed by atoms with van der Waals surface area (Å²) in [7, 11) is 1.33. The number of hydrogen-bond donors (Lipinski definition) is 1. The lowest BCUT2D eigenvalue weighted by atomic mass is 10.0. The van der Waals surface area contributed by atoms with E-state index in [2.05, 4.69) is 28.9 Å². The largest absolute Gasteiger partial charge is 0.469 e. The van der Waals surface area contributed by atoms with E-state index in [0.717, 1.165) is 0 Å². The van der Waals surface area contributed by atoms with Crippen molar-refractivity contribution < 1.29 is 14.3 Å². The number of amides is 1. The van der Waals surface area contributed by atoms with Gasteiger partial charge in [-0.15, -0.1) is 11.3 Å². The number of rotatable bonds is 5. The molecule has 5 nitrogen and oxygen atoms in total. The van der Waals surface area contributed by atoms with Crippen LogP contribution >= 0.6 is 11.3 Å². The highest BCUT2D eigenvalue weighted by Crippen LogP contribution is 2.18. The molecule has 1 amide bonds. The van der Waals surface area contributed by atoms with E-state index in [1.807, 2.05) is 12.1 Å². The predicted octanol–water partition coefficient (Wildman–Crippen LogP) is 3.23. The number of benzene rings is 1. The fraction of sp³-hybridized carbons (Fsp3) is 0.312. The molecule has 2 rings (SSSR count). The zero-order valence-electron chi connectivity index (χ0n) is 12.8. The Balaban J connectivity index is 2.01. The van der Waals surface area contributed by atoms with Crippen LogP contribution in [0, 0.1) is 0 Å². The molecule has 0 unspecified atom stereocenters. The van der Waals surface area contributed by atoms with E-state index in [-0.39, 0.29) is 18.3 Å². The summed E-state index contributed by atoms with van der Waals surface area (Å²) in [4.78, 5) is 27.5. The fourth-order valence-corrected chi connectivity index (χ4v) is 2.56. The van der Waals surface area contributed by atoms with Crippen LogP contribution in [0.3, 0.4) is 0 Å². The Morgan fingerprint density at radius 2 is 1.95 bits per heavy atom. The summed E-state index contributed by atoms with van der Waals surface area (Å²) in [6.45, 7) is 4.21. The van der Waals surface area contributed by atoms with Crippen molar-refractivity contribution in [1.82, 2.24) is 4.98 Å². The van der Waals surface area contributed by atoms with Crippen molar-refractivity contribution in [1.29, 1.82) is 0 Å². The molecule has 0 aliphatic carbocycles. The van der Waals surface area contributed by atoms with Crippen LogP contribution in [0.2, 0.25) is 0 Å². The van der Waals surface area contributed by atoms with E-state index in [1.54, 1.807) is 17.5 Å². The minimum absolute atomic E-state index is 0.103. The minimum Gasteiger partial charge on any atom is -0.469 e. The Morgan fingerprint density at radius 3 is 2.55 bits per heavy atom. The maximum Gasteiger partial charge on any atom is 0.311 e. The van der Waals surface area contributed by atoms with Gasteiger partial charge in [-0.05, 0) is 23.6 Å². The van der Waals surface area contributed by atoms with E-state index in [0.29, 0.717) is 22.3 Å². The van der Waals surface area contributed by atoms with E-state index < -0.39 is 0 Å². The zero-order valence-corrected chi connectivity index (χ0v) is 13.6. The van der Waals surface area contributed by atoms with Crippen molar-refractivity contribution in [2.24, 2.45) is 0 Å². The average molecular weight is 318 g/mol. The number of thiazole rings is 1. The van der Waals surface area contributed by atoms with Gasteiger partial charge in [-0.2, -0.15) is 0 Å². The van der Waals surface area contributed by atoms with Crippen molar-refractivity contribution in [2.45, 2.75) is 26.2 Å². The van der Waals surface area contributed by atoms with Gasteiger partial charge in [-0.25, -0.2) is 4.98 Å². The summed E-state index contributed by atoms with van der Waals surface area (Å²) < 4.78 is 4.58. The number of anilines is 1. The topological polar surface area (TPSA) is 68.3 Å². The number of nitrogens with zero attached hydrogens (tertiary/aromatic N) is 1. The lowest BCUT2D eigenvalue weighted by Gasteiger charge is -2.06. The van der Waals surface area contributed by atoms with Crippen LogP contribution < -0.4 is 5.32 Å². The second kappa shape index (κ2) is 7.17. The molecule has 6 heteroatoms. The van der Waals surface area contributed by atoms with Crippen LogP contribution in [0.15, 0.2) is 29.6 Å². The summed E-state index contributed by atoms with van der Waals surface area (Å²) in [5.41, 5.74) is 2.35. The third-order valence-corrected chi connectivity index (χ3v) is 3.97. The first-order chi connectivity index (χ1) is 10.5. The molecule has 1 aromatic heterocycles. The molecule has 0 atom stereocenters. The van der Waals surface area contributed by atoms with Crippen molar-refractivity contribution >= 4 is 28.3 Å². The second-order valence-corrected chi connectivity index (χ2v) is 5.99. The van der Waals surface area contributed by atoms with Gasteiger partial charge in [0.05, 0.1) is 19.2 Å². The quantitative estimate of drug-likeness (QED) is 0.859. The normalized spacial score (nSPS) is 10.5. The first-order valence-corrected chi connectivity index (χ1v) is 7.80. The highest BCUT2D eigenvalue weighted by Gasteiger charge is 2.11. The minimum atomic E-state index is -0.354. The van der Waals surface area contributed by atoms with Gasteiger partial charge in [-0.3, -0.25) is 14.9 Å². The van der Waals surface area contributed by atoms with Crippen LogP contribution in [0.4, 0.5) is 5.13 Å². The van der Waals surface area contributed by atoms with Gasteiger partial charge in [0.15, 0.2) is 5.13 Å². The smallest absolute Gasteiger partial charge is 0.311 e. The molecule has 0 radical (unpaired) electrons. The van der Waals surface area contributed by atoms with Gasteiger partial charge in [0.1, 0.15) is 0 Å². The molecular formula is C16H18N2O3S. The van der Waals surface area contributed by atoms with E-state index >= 15 is 0 Å². The molecule has 0 saturated heterocycles. The molecule has 1 N–H and O–H groups in total. The second-order valence-electron chi connectivity index (χ2n) is 5.13. The number of carbonyl (C=O) groups excluding carboxylic acids is 2. The van der Waals surface area contributed by atoms with E-state index in [1.165, 1.54) is 24.0 Å². The molecule has 0 saturated carbocycles. The molecule has 0 fully saturated rings. The fourth-order valence-electron chi connectivity index (χ4n) is 1.85. The molecule has 2 aromatic rings. The monoisotopic (exact) mass is 318 g/mol. The molecular weight excluding hydrogens is 300 g/mol. The summed E-state index contributed by atoms with van der Waals surface area (Å²) in [6, 6.07) is 7.50. The van der Waals surface area contributed by atoms with Crippen LogP contribution in [-0.2, 0) is 16.0 Å². The number of methoxy groups -OCH3 is 1. The third-order valence-electron chi connectivity index (χ3n) is 3.16. The number of hydrogen-bond acceptors (Lipinski definition) is 5. The van der Waals surface area contributed by atoms with Crippen molar-refractivity contribution in [3.8, 4) is 0 Å². The molecule has 22 heavy (non-hydrogen) atoms. The summed E-state index contributed by atoms with van der Waals surface area (Å²) in [5.74, 6) is -0.140. The van der Waals surface area contributed by atoms with Crippen LogP contribution in [0.5, 0.6) is 0 Å². The first-order valence-electron chi connectivity index (χ1n) is 6.92. The summed E-state index contributed by atoms with van der Waals surface area (Å²) >= 11 is 1.28. The van der Waals surface area contributed by atoms with Gasteiger partial charge in [0, 0.05) is 10.9 Å². The van der Waals surface area contributed by atoms with Crippen molar-refractivity contribution in [3.63, 3.8) is 0 Å². The van der Waals surface area contributed by atoms with Crippen molar-refractivity contribution in [3.05, 3.63) is 46.5 Å². The lowest BCUT2D eigenvalue weighted by Crippen LogP contribution is -2.12. The average Bonchev–Trinajstić information content (AvgIpc) is 2.94. The van der Waals surface area contributed by atoms with Crippen LogP contribution in [0.25, 0.3) is 0 Å². The van der Waals surface area contributed by atoms with Gasteiger partial charge >= 0.3 is 5.97 Å². The Labute approximate surface area is 133 Å². The van der Waals surface area contributed by atoms with Crippen LogP contribution in [0.1, 0.15) is 41.4 Å². The third kappa shape index (κ3) is 4.14. The van der Waals surface area contributed by atoms with Gasteiger partial charge < -0.3 is 4.74 Å². The molecule has 0 aliphatic heterocycles. The Kier molecular flexibility index (Phi) is 5.27. The lowest BCUT2D eigenvalue weighted by molar-refractivity contribution is -0.139. The number of nitrogens with one attached hydrogen (secondary N) is 1. The zero-order chi connectivity index (χ0) is 16.1. The Hall–Kier alpha value is -2.21. The molecule has 0 aliphatic rings. The SMILES string of the molecule is COC(=O)Cc1csc(NC(=O)c2ccc(C(C)C)cc2)n1. The molecule has 0 bridgehead atoms. The Bertz CT molecular complexity index is 662. The maximum absolute atomic E-state index is 12.1. The number of ether oxygens (including phenoxy) is 1. The summed E-state index contributed by atoms with van der Waals surface area (Å²) in [5, 5.41) is 4.93. The highest BCUT2D eigenvalue weighted by molar-refractivity contribution is 7.14. The Morgan fingerprint density at radius 1 is 1.27 bits per heavy atom. The van der Waals surface area contributed by atoms with Gasteiger partial charge in [0.25, 0.3) is 5.91 Å². The van der Waals surface area contributed by atoms with Gasteiger partial charge in [-0.1, -0.05) is 26.0 Å². The van der Waals surface area contributed by atoms with Crippen molar-refractivity contribution in [2.75, 3.05) is 12.4 Å². The summed E-state index contributed by atoms with van der Waals surface area (Å²) in [6.07, 6.45) is 0.103. The number of esters is 1.